The number of amides is 1. The van der Waals surface area contributed by atoms with Gasteiger partial charge in [-0.15, -0.1) is 0 Å². The van der Waals surface area contributed by atoms with Gasteiger partial charge in [-0.25, -0.2) is 4.79 Å². The molecular weight excluding hydrogens is 392 g/mol. The van der Waals surface area contributed by atoms with Gasteiger partial charge in [0.2, 0.25) is 0 Å². The van der Waals surface area contributed by atoms with Crippen LogP contribution in [0.4, 0.5) is 0 Å². The molecule has 0 heterocycles. The van der Waals surface area contributed by atoms with Gasteiger partial charge < -0.3 is 15.8 Å². The molecule has 0 radical (unpaired) electrons. The highest BCUT2D eigenvalue weighted by Crippen LogP contribution is 2.22. The number of hydrogen-bond donors (Lipinski definition) is 3. The van der Waals surface area contributed by atoms with Gasteiger partial charge in [0.05, 0.1) is 7.11 Å². The number of nitrogens with one attached hydrogen (secondary N) is 1. The van der Waals surface area contributed by atoms with Crippen LogP contribution in [0.5, 0.6) is 0 Å². The molecule has 1 rings (SSSR count). The van der Waals surface area contributed by atoms with E-state index in [4.69, 9.17) is 10.5 Å². The van der Waals surface area contributed by atoms with E-state index >= 15 is 0 Å². The van der Waals surface area contributed by atoms with Gasteiger partial charge in [-0.1, -0.05) is 38.1 Å². The maximum Gasteiger partial charge on any atom is 0.328 e. The summed E-state index contributed by atoms with van der Waals surface area (Å²) in [5, 5.41) is 2.85. The molecule has 0 fully saturated rings. The van der Waals surface area contributed by atoms with Crippen LogP contribution in [0.25, 0.3) is 0 Å². The minimum absolute atomic E-state index is 0.0849. The molecule has 0 aliphatic heterocycles. The lowest BCUT2D eigenvalue weighted by atomic mass is 9.93. The normalized spacial score (nSPS) is 13.5. The predicted octanol–water partition coefficient (Wildman–Crippen LogP) is 3.19. The number of esters is 1. The second kappa shape index (κ2) is 12.9. The average molecular weight is 425 g/mol. The van der Waals surface area contributed by atoms with E-state index in [1.165, 1.54) is 7.11 Å². The van der Waals surface area contributed by atoms with Crippen LogP contribution < -0.4 is 11.1 Å². The van der Waals surface area contributed by atoms with Gasteiger partial charge in [0.25, 0.3) is 5.91 Å². The number of rotatable bonds is 11. The van der Waals surface area contributed by atoms with Crippen molar-refractivity contribution in [2.45, 2.75) is 44.7 Å². The van der Waals surface area contributed by atoms with Crippen LogP contribution in [0.3, 0.4) is 0 Å². The Morgan fingerprint density at radius 1 is 1.36 bits per heavy atom. The van der Waals surface area contributed by atoms with Crippen LogP contribution >= 0.6 is 24.4 Å². The van der Waals surface area contributed by atoms with Gasteiger partial charge in [-0.3, -0.25) is 4.79 Å². The zero-order valence-electron chi connectivity index (χ0n) is 17.1. The Balaban J connectivity index is 3.06. The topological polar surface area (TPSA) is 81.4 Å². The molecule has 1 aromatic carbocycles. The second-order valence-corrected chi connectivity index (χ2v) is 8.24. The van der Waals surface area contributed by atoms with Gasteiger partial charge in [0, 0.05) is 17.4 Å². The van der Waals surface area contributed by atoms with Crippen LogP contribution in [0.2, 0.25) is 0 Å². The summed E-state index contributed by atoms with van der Waals surface area (Å²) < 4.78 is 4.84. The summed E-state index contributed by atoms with van der Waals surface area (Å²) in [5.41, 5.74) is 8.40. The lowest BCUT2D eigenvalue weighted by Crippen LogP contribution is -2.42. The molecule has 7 heteroatoms. The van der Waals surface area contributed by atoms with Crippen molar-refractivity contribution in [2.24, 2.45) is 5.73 Å². The Morgan fingerprint density at radius 2 is 2.07 bits per heavy atom. The summed E-state index contributed by atoms with van der Waals surface area (Å²) in [6, 6.07) is 5.16. The Morgan fingerprint density at radius 3 is 2.64 bits per heavy atom. The molecule has 0 aliphatic rings. The van der Waals surface area contributed by atoms with Crippen LogP contribution in [0, 0.1) is 0 Å². The highest BCUT2D eigenvalue weighted by Gasteiger charge is 2.23. The lowest BCUT2D eigenvalue weighted by Gasteiger charge is -2.19. The molecular formula is C21H32N2O3S2. The number of allylic oxidation sites excluding steroid dienone is 1. The first-order valence-electron chi connectivity index (χ1n) is 9.37. The van der Waals surface area contributed by atoms with E-state index in [0.29, 0.717) is 24.2 Å². The Bertz CT molecular complexity index is 678. The van der Waals surface area contributed by atoms with Gasteiger partial charge in [0.1, 0.15) is 6.04 Å². The van der Waals surface area contributed by atoms with Gasteiger partial charge in [0.15, 0.2) is 0 Å². The molecule has 0 spiro atoms. The molecule has 1 aromatic rings. The van der Waals surface area contributed by atoms with Crippen molar-refractivity contribution in [1.29, 1.82) is 0 Å². The number of thiol groups is 1. The smallest absolute Gasteiger partial charge is 0.328 e. The highest BCUT2D eigenvalue weighted by atomic mass is 32.2. The molecule has 0 saturated carbocycles. The van der Waals surface area contributed by atoms with E-state index in [-0.39, 0.29) is 17.9 Å². The maximum absolute atomic E-state index is 13.0. The third-order valence-electron chi connectivity index (χ3n) is 4.33. The molecule has 0 saturated heterocycles. The molecule has 2 atom stereocenters. The van der Waals surface area contributed by atoms with E-state index in [0.717, 1.165) is 16.9 Å². The highest BCUT2D eigenvalue weighted by molar-refractivity contribution is 7.98. The lowest BCUT2D eigenvalue weighted by molar-refractivity contribution is -0.142. The van der Waals surface area contributed by atoms with E-state index in [2.05, 4.69) is 17.9 Å². The first-order chi connectivity index (χ1) is 13.3. The Kier molecular flexibility index (Phi) is 11.3. The third kappa shape index (κ3) is 7.89. The molecule has 1 amide bonds. The molecule has 5 nitrogen and oxygen atoms in total. The predicted molar refractivity (Wildman–Crippen MR) is 121 cm³/mol. The van der Waals surface area contributed by atoms with Crippen molar-refractivity contribution < 1.29 is 14.3 Å². The fraction of sp³-hybridized carbons (Fsp3) is 0.524. The van der Waals surface area contributed by atoms with Crippen molar-refractivity contribution in [2.75, 3.05) is 24.9 Å². The van der Waals surface area contributed by atoms with Crippen molar-refractivity contribution in [3.63, 3.8) is 0 Å². The monoisotopic (exact) mass is 424 g/mol. The van der Waals surface area contributed by atoms with E-state index in [9.17, 15) is 9.59 Å². The minimum atomic E-state index is -0.651. The number of thioether (sulfide) groups is 1. The van der Waals surface area contributed by atoms with E-state index < -0.39 is 12.0 Å². The number of hydrogen-bond acceptors (Lipinski definition) is 6. The number of nitrogens with two attached hydrogens (primary N) is 1. The number of benzene rings is 1. The first kappa shape index (κ1) is 24.6. The van der Waals surface area contributed by atoms with Crippen LogP contribution in [-0.2, 0) is 16.0 Å². The SMILES string of the molecule is COC(=O)[C@H](CCSC)NC(=O)c1cc(CC=C[C@@H](N)CS)ccc1C(C)C. The van der Waals surface area contributed by atoms with Crippen molar-refractivity contribution in [3.05, 3.63) is 47.0 Å². The number of carbonyl (C=O) groups is 2. The van der Waals surface area contributed by atoms with Crippen LogP contribution in [0.15, 0.2) is 30.4 Å². The standard InChI is InChI=1S/C21H32N2O3S2/c1-14(2)17-9-8-15(6-5-7-16(22)13-27)12-18(17)20(24)23-19(10-11-28-4)21(25)26-3/h5,7-9,12,14,16,19,27H,6,10-11,13,22H2,1-4H3,(H,23,24)/t16-,19+/m1/s1. The minimum Gasteiger partial charge on any atom is -0.467 e. The number of methoxy groups -OCH3 is 1. The molecule has 28 heavy (non-hydrogen) atoms. The van der Waals surface area contributed by atoms with Crippen molar-refractivity contribution >= 4 is 36.3 Å². The largest absolute Gasteiger partial charge is 0.467 e. The molecule has 156 valence electrons. The van der Waals surface area contributed by atoms with Crippen molar-refractivity contribution in [1.82, 2.24) is 5.32 Å². The summed E-state index contributed by atoms with van der Waals surface area (Å²) in [7, 11) is 1.34. The average Bonchev–Trinajstić information content (AvgIpc) is 2.69. The van der Waals surface area contributed by atoms with E-state index in [1.54, 1.807) is 11.8 Å². The quantitative estimate of drug-likeness (QED) is 0.289. The molecule has 0 bridgehead atoms. The summed E-state index contributed by atoms with van der Waals surface area (Å²) in [4.78, 5) is 25.0. The maximum atomic E-state index is 13.0. The Hall–Kier alpha value is -1.44. The van der Waals surface area contributed by atoms with Gasteiger partial charge in [-0.05, 0) is 48.0 Å². The third-order valence-corrected chi connectivity index (χ3v) is 5.40. The molecule has 0 aliphatic carbocycles. The number of ether oxygens (including phenoxy) is 1. The van der Waals surface area contributed by atoms with E-state index in [1.807, 2.05) is 50.5 Å². The Labute approximate surface area is 178 Å². The number of carbonyl (C=O) groups excluding carboxylic acids is 2. The molecule has 0 unspecified atom stereocenters. The second-order valence-electron chi connectivity index (χ2n) is 6.89. The first-order valence-corrected chi connectivity index (χ1v) is 11.4. The summed E-state index contributed by atoms with van der Waals surface area (Å²) in [5.74, 6) is 0.853. The summed E-state index contributed by atoms with van der Waals surface area (Å²) in [6.07, 6.45) is 7.07. The fourth-order valence-electron chi connectivity index (χ4n) is 2.73. The van der Waals surface area contributed by atoms with Crippen molar-refractivity contribution in [3.8, 4) is 0 Å². The summed E-state index contributed by atoms with van der Waals surface area (Å²) in [6.45, 7) is 4.09. The zero-order chi connectivity index (χ0) is 21.1. The molecule has 0 aromatic heterocycles. The van der Waals surface area contributed by atoms with Gasteiger partial charge in [-0.2, -0.15) is 24.4 Å². The zero-order valence-corrected chi connectivity index (χ0v) is 18.8. The van der Waals surface area contributed by atoms with Gasteiger partial charge >= 0.3 is 5.97 Å². The fourth-order valence-corrected chi connectivity index (χ4v) is 3.33. The molecule has 3 N–H and O–H groups in total. The summed E-state index contributed by atoms with van der Waals surface area (Å²) >= 11 is 5.79. The van der Waals surface area contributed by atoms with Crippen LogP contribution in [0.1, 0.15) is 47.7 Å². The van der Waals surface area contributed by atoms with Crippen LogP contribution in [-0.4, -0.2) is 48.8 Å².